The van der Waals surface area contributed by atoms with E-state index in [0.29, 0.717) is 118 Å². The van der Waals surface area contributed by atoms with E-state index >= 15 is 0 Å². The van der Waals surface area contributed by atoms with Crippen LogP contribution in [0.15, 0.2) is 270 Å². The lowest BCUT2D eigenvalue weighted by Crippen LogP contribution is -2.30. The van der Waals surface area contributed by atoms with Crippen LogP contribution < -0.4 is 40.8 Å². The molecule has 27 nitrogen and oxygen atoms in total. The number of sulfonamides is 3. The number of ketones is 1. The topological polar surface area (TPSA) is 398 Å². The van der Waals surface area contributed by atoms with Crippen molar-refractivity contribution in [3.05, 3.63) is 303 Å². The first kappa shape index (κ1) is 91.3. The van der Waals surface area contributed by atoms with Gasteiger partial charge in [-0.05, 0) is 234 Å². The highest BCUT2D eigenvalue weighted by Crippen LogP contribution is 2.34. The molecule has 0 aliphatic carbocycles. The van der Waals surface area contributed by atoms with Crippen molar-refractivity contribution in [2.75, 3.05) is 66.5 Å². The van der Waals surface area contributed by atoms with E-state index < -0.39 is 60.0 Å². The first-order valence-corrected chi connectivity index (χ1v) is 42.3. The Kier molecular flexibility index (Phi) is 33.6. The molecule has 0 saturated carbocycles. The van der Waals surface area contributed by atoms with Crippen molar-refractivity contribution >= 4 is 134 Å². The minimum atomic E-state index is -3.76. The third-order valence-corrected chi connectivity index (χ3v) is 22.5. The van der Waals surface area contributed by atoms with E-state index in [1.54, 1.807) is 136 Å². The Bertz CT molecular complexity index is 5690. The van der Waals surface area contributed by atoms with Gasteiger partial charge in [-0.3, -0.25) is 43.9 Å². The highest BCUT2D eigenvalue weighted by Gasteiger charge is 2.22. The van der Waals surface area contributed by atoms with Crippen LogP contribution in [0.25, 0.3) is 45.0 Å². The van der Waals surface area contributed by atoms with Crippen molar-refractivity contribution in [2.45, 2.75) is 61.0 Å². The van der Waals surface area contributed by atoms with E-state index in [0.717, 1.165) is 11.3 Å². The first-order valence-electron chi connectivity index (χ1n) is 36.3. The third-order valence-electron chi connectivity index (χ3n) is 16.8. The fraction of sp³-hybridized carbons (Fsp3) is 0.153. The van der Waals surface area contributed by atoms with Crippen LogP contribution in [0.5, 0.6) is 0 Å². The number of hydrogen-bond acceptors (Lipinski definition) is 20. The second-order valence-electron chi connectivity index (χ2n) is 26.0. The second kappa shape index (κ2) is 43.7. The Balaban J connectivity index is 0.000000181. The normalized spacial score (nSPS) is 11.6. The van der Waals surface area contributed by atoms with Gasteiger partial charge in [0, 0.05) is 126 Å². The number of amides is 4. The van der Waals surface area contributed by atoms with Gasteiger partial charge in [0.15, 0.2) is 0 Å². The zero-order valence-electron chi connectivity index (χ0n) is 64.4. The summed E-state index contributed by atoms with van der Waals surface area (Å²) in [6.45, 7) is 7.21. The molecule has 0 saturated heterocycles. The van der Waals surface area contributed by atoms with Crippen molar-refractivity contribution in [1.82, 2.24) is 39.1 Å². The van der Waals surface area contributed by atoms with Gasteiger partial charge in [-0.2, -0.15) is 0 Å². The Morgan fingerprint density at radius 1 is 0.403 bits per heavy atom. The Morgan fingerprint density at radius 3 is 0.992 bits per heavy atom. The van der Waals surface area contributed by atoms with E-state index in [4.69, 9.17) is 51.1 Å². The number of aliphatic hydroxyl groups is 2. The summed E-state index contributed by atoms with van der Waals surface area (Å²) in [6.07, 6.45) is 5.17. The number of carbonyl (C=O) groups excluding carboxylic acids is 5. The van der Waals surface area contributed by atoms with E-state index in [2.05, 4.69) is 65.7 Å². The van der Waals surface area contributed by atoms with Crippen molar-refractivity contribution in [3.8, 4) is 45.0 Å². The molecular weight excluding hydrogens is 1670 g/mol. The van der Waals surface area contributed by atoms with Crippen molar-refractivity contribution in [3.63, 3.8) is 0 Å². The number of rotatable bonds is 29. The number of Topliss-reactive ketones (excluding diaryl/α,β-unsaturated/α-hetero) is 1. The van der Waals surface area contributed by atoms with Crippen LogP contribution >= 0.6 is 46.4 Å². The van der Waals surface area contributed by atoms with Gasteiger partial charge in [0.1, 0.15) is 11.6 Å². The molecule has 0 unspecified atom stereocenters. The molecule has 119 heavy (non-hydrogen) atoms. The summed E-state index contributed by atoms with van der Waals surface area (Å²) >= 11 is 25.1. The number of nitrogens with one attached hydrogen (secondary N) is 8. The van der Waals surface area contributed by atoms with Crippen LogP contribution in [0.3, 0.4) is 0 Å². The van der Waals surface area contributed by atoms with Crippen LogP contribution in [-0.2, 0) is 39.6 Å². The molecule has 10 N–H and O–H groups in total. The van der Waals surface area contributed by atoms with Gasteiger partial charge in [-0.1, -0.05) is 70.7 Å². The molecule has 0 spiro atoms. The number of anilines is 5. The average Bonchev–Trinajstić information content (AvgIpc) is 0.812. The summed E-state index contributed by atoms with van der Waals surface area (Å²) in [7, 11) is -9.63. The number of hydrogen-bond donors (Lipinski definition) is 10. The van der Waals surface area contributed by atoms with Crippen LogP contribution in [0.1, 0.15) is 74.3 Å². The summed E-state index contributed by atoms with van der Waals surface area (Å²) in [5.41, 5.74) is 9.81. The number of carbonyl (C=O) groups is 5. The van der Waals surface area contributed by atoms with E-state index in [9.17, 15) is 59.4 Å². The minimum Gasteiger partial charge on any atom is -0.392 e. The number of aliphatic hydroxyl groups excluding tert-OH is 2. The van der Waals surface area contributed by atoms with Gasteiger partial charge in [-0.25, -0.2) is 44.4 Å². The molecule has 4 amide bonds. The molecule has 7 aromatic carbocycles. The fourth-order valence-corrected chi connectivity index (χ4v) is 14.8. The molecule has 0 bridgehead atoms. The number of halogens is 4. The Hall–Kier alpha value is -11.6. The molecule has 0 fully saturated rings. The van der Waals surface area contributed by atoms with Crippen LogP contribution in [0, 0.1) is 6.92 Å². The number of aryl methyl sites for hydroxylation is 1. The van der Waals surface area contributed by atoms with Crippen molar-refractivity contribution in [2.24, 2.45) is 0 Å². The molecule has 0 aliphatic heterocycles. The maximum absolute atomic E-state index is 12.7. The van der Waals surface area contributed by atoms with Gasteiger partial charge in [-0.15, -0.1) is 0 Å². The summed E-state index contributed by atoms with van der Waals surface area (Å²) in [6, 6.07) is 62.5. The number of ether oxygens (including phenoxy) is 1. The smallest absolute Gasteiger partial charge is 0.257 e. The second-order valence-corrected chi connectivity index (χ2v) is 33.0. The predicted molar refractivity (Wildman–Crippen MR) is 463 cm³/mol. The molecule has 12 rings (SSSR count). The van der Waals surface area contributed by atoms with Crippen LogP contribution in [0.4, 0.5) is 28.6 Å². The van der Waals surface area contributed by atoms with Crippen LogP contribution in [-0.4, -0.2) is 142 Å². The summed E-state index contributed by atoms with van der Waals surface area (Å²) in [5.74, 6) is -0.834. The van der Waals surface area contributed by atoms with Crippen molar-refractivity contribution in [1.29, 1.82) is 0 Å². The predicted octanol–water partition coefficient (Wildman–Crippen LogP) is 15.0. The molecule has 5 aromatic heterocycles. The Morgan fingerprint density at radius 2 is 0.714 bits per heavy atom. The molecule has 12 aromatic rings. The van der Waals surface area contributed by atoms with Gasteiger partial charge in [0.25, 0.3) is 23.6 Å². The van der Waals surface area contributed by atoms with Gasteiger partial charge in [0.05, 0.1) is 87.6 Å². The highest BCUT2D eigenvalue weighted by molar-refractivity contribution is 7.90. The first-order chi connectivity index (χ1) is 56.9. The third kappa shape index (κ3) is 27.5. The maximum Gasteiger partial charge on any atom is 0.257 e. The molecule has 5 heterocycles. The Labute approximate surface area is 708 Å². The SMILES string of the molecule is CC(=O)CCNS(=O)(=O)c1ccc(C(=O)Nc2ccc(Cl)c(-c3ccccn3)c2)cc1.COCCNc1ccc(C(=O)Nc2ccc(Cl)c(-c3ccccn3)c2)c(C)n1.C[C@@H](O)CNS(=O)(=O)c1ccc(C(=O)Nc2ccc(Cl)c(-c3ccccn3)c2)cc1.C[C@H](O)CNS(=O)(=O)c1ccc(C(=O)Nc2ccc(Cl)c(-c3ccccn3)c2)cc1. The zero-order chi connectivity index (χ0) is 85.8. The standard InChI is InChI=1S/C22H20ClN3O4S.C21H21ClN4O2.2C21H20ClN3O4S/c1-15(27)11-13-25-31(29,30)18-8-5-16(6-9-18)22(28)26-17-7-10-20(23)19(14-17)21-4-2-3-12-24-21;1-14-16(7-9-20(25-14)24-11-12-28-2)21(27)26-15-6-8-18(22)17(13-15)19-5-3-4-10-23-19;2*1-14(26)13-24-30(28,29)17-8-5-15(6-9-17)21(27)25-16-7-10-19(22)18(12-16)20-4-2-3-11-23-20/h2-10,12,14,25H,11,13H2,1H3,(H,26,28);3-10,13H,11-12H2,1-2H3,(H,24,25)(H,26,27);2*2-12,14,24,26H,13H2,1H3,(H,25,27)/t;;2*14-/m..10/s1. The van der Waals surface area contributed by atoms with Crippen molar-refractivity contribution < 1.29 is 64.2 Å². The number of aromatic nitrogens is 5. The zero-order valence-corrected chi connectivity index (χ0v) is 69.9. The molecule has 0 aliphatic rings. The number of pyridine rings is 5. The van der Waals surface area contributed by atoms with Gasteiger partial charge in [0.2, 0.25) is 30.1 Å². The number of methoxy groups -OCH3 is 1. The van der Waals surface area contributed by atoms with E-state index in [1.807, 2.05) is 60.7 Å². The highest BCUT2D eigenvalue weighted by atomic mass is 35.5. The number of nitrogens with zero attached hydrogens (tertiary/aromatic N) is 5. The molecule has 0 radical (unpaired) electrons. The lowest BCUT2D eigenvalue weighted by Gasteiger charge is -2.11. The van der Waals surface area contributed by atoms with E-state index in [1.165, 1.54) is 93.6 Å². The molecule has 34 heteroatoms. The monoisotopic (exact) mass is 1740 g/mol. The lowest BCUT2D eigenvalue weighted by molar-refractivity contribution is -0.116. The largest absolute Gasteiger partial charge is 0.392 e. The fourth-order valence-electron chi connectivity index (χ4n) is 10.7. The summed E-state index contributed by atoms with van der Waals surface area (Å²) < 4.78 is 85.1. The molecule has 2 atom stereocenters. The summed E-state index contributed by atoms with van der Waals surface area (Å²) in [4.78, 5) is 83.0. The van der Waals surface area contributed by atoms with Gasteiger partial charge < -0.3 is 41.5 Å². The average molecular weight is 1750 g/mol. The summed E-state index contributed by atoms with van der Waals surface area (Å²) in [5, 5.41) is 34.9. The van der Waals surface area contributed by atoms with Gasteiger partial charge >= 0.3 is 0 Å². The number of benzene rings is 7. The van der Waals surface area contributed by atoms with E-state index in [-0.39, 0.29) is 58.0 Å². The van der Waals surface area contributed by atoms with Crippen LogP contribution in [0.2, 0.25) is 20.1 Å². The molecule has 616 valence electrons. The molecular formula is C85H81Cl4N13O14S3. The minimum absolute atomic E-state index is 0.00336. The maximum atomic E-state index is 12.7. The quantitative estimate of drug-likeness (QED) is 0.0195. The lowest BCUT2D eigenvalue weighted by atomic mass is 10.1.